The van der Waals surface area contributed by atoms with Crippen LogP contribution < -0.4 is 5.32 Å². The van der Waals surface area contributed by atoms with Gasteiger partial charge in [0.25, 0.3) is 0 Å². The van der Waals surface area contributed by atoms with Crippen molar-refractivity contribution < 1.29 is 4.79 Å². The highest BCUT2D eigenvalue weighted by Gasteiger charge is 2.29. The van der Waals surface area contributed by atoms with Crippen molar-refractivity contribution in [2.75, 3.05) is 14.1 Å². The molecule has 0 aromatic heterocycles. The topological polar surface area (TPSA) is 32.3 Å². The molecule has 0 radical (unpaired) electrons. The smallest absolute Gasteiger partial charge is 0.237 e. The summed E-state index contributed by atoms with van der Waals surface area (Å²) in [7, 11) is 3.72. The molecule has 1 N–H and O–H groups in total. The zero-order chi connectivity index (χ0) is 14.2. The van der Waals surface area contributed by atoms with Gasteiger partial charge in [-0.1, -0.05) is 39.0 Å². The zero-order valence-corrected chi connectivity index (χ0v) is 12.6. The van der Waals surface area contributed by atoms with Crippen LogP contribution in [-0.4, -0.2) is 30.9 Å². The number of likely N-dealkylation sites (N-methyl/N-ethyl adjacent to an activating group) is 2. The first-order valence-corrected chi connectivity index (χ1v) is 6.87. The van der Waals surface area contributed by atoms with E-state index in [1.165, 1.54) is 16.7 Å². The van der Waals surface area contributed by atoms with E-state index in [1.54, 1.807) is 7.05 Å². The van der Waals surface area contributed by atoms with Crippen molar-refractivity contribution in [3.8, 4) is 0 Å². The van der Waals surface area contributed by atoms with E-state index in [2.05, 4.69) is 49.2 Å². The van der Waals surface area contributed by atoms with E-state index in [0.717, 1.165) is 13.0 Å². The van der Waals surface area contributed by atoms with Gasteiger partial charge in [-0.2, -0.15) is 0 Å². The Hall–Kier alpha value is -1.35. The third-order valence-corrected chi connectivity index (χ3v) is 3.99. The number of amides is 1. The quantitative estimate of drug-likeness (QED) is 0.838. The third kappa shape index (κ3) is 2.81. The maximum atomic E-state index is 11.9. The minimum absolute atomic E-state index is 0.0435. The molecule has 1 atom stereocenters. The number of hydrogen-bond donors (Lipinski definition) is 1. The molecule has 0 spiro atoms. The van der Waals surface area contributed by atoms with Gasteiger partial charge in [0.2, 0.25) is 5.91 Å². The molecule has 1 aliphatic heterocycles. The van der Waals surface area contributed by atoms with Crippen LogP contribution in [0.5, 0.6) is 0 Å². The lowest BCUT2D eigenvalue weighted by atomic mass is 9.83. The van der Waals surface area contributed by atoms with E-state index in [-0.39, 0.29) is 17.4 Å². The number of carbonyl (C=O) groups excluding carboxylic acids is 1. The lowest BCUT2D eigenvalue weighted by Gasteiger charge is -2.33. The van der Waals surface area contributed by atoms with Crippen LogP contribution in [0.2, 0.25) is 0 Å². The minimum Gasteiger partial charge on any atom is -0.358 e. The van der Waals surface area contributed by atoms with Crippen LogP contribution in [0.1, 0.15) is 37.5 Å². The maximum Gasteiger partial charge on any atom is 0.237 e. The van der Waals surface area contributed by atoms with Crippen LogP contribution in [-0.2, 0) is 23.2 Å². The highest BCUT2D eigenvalue weighted by Crippen LogP contribution is 2.28. The third-order valence-electron chi connectivity index (χ3n) is 3.99. The summed E-state index contributed by atoms with van der Waals surface area (Å²) in [5.74, 6) is 0.105. The van der Waals surface area contributed by atoms with Crippen LogP contribution in [0.15, 0.2) is 18.2 Å². The molecule has 1 unspecified atom stereocenters. The summed E-state index contributed by atoms with van der Waals surface area (Å²) in [5, 5.41) is 2.75. The molecule has 104 valence electrons. The Balaban J connectivity index is 2.31. The summed E-state index contributed by atoms with van der Waals surface area (Å²) in [6, 6.07) is 6.65. The predicted molar refractivity (Wildman–Crippen MR) is 78.2 cm³/mol. The normalized spacial score (nSPS) is 19.9. The van der Waals surface area contributed by atoms with Gasteiger partial charge in [0, 0.05) is 13.6 Å². The van der Waals surface area contributed by atoms with Crippen molar-refractivity contribution in [2.45, 2.75) is 45.2 Å². The molecule has 1 amide bonds. The van der Waals surface area contributed by atoms with Gasteiger partial charge >= 0.3 is 0 Å². The van der Waals surface area contributed by atoms with E-state index >= 15 is 0 Å². The van der Waals surface area contributed by atoms with E-state index in [4.69, 9.17) is 0 Å². The maximum absolute atomic E-state index is 11.9. The molecular weight excluding hydrogens is 236 g/mol. The monoisotopic (exact) mass is 260 g/mol. The molecule has 19 heavy (non-hydrogen) atoms. The molecule has 1 aromatic carbocycles. The fraction of sp³-hybridized carbons (Fsp3) is 0.562. The number of nitrogens with zero attached hydrogens (tertiary/aromatic N) is 1. The highest BCUT2D eigenvalue weighted by atomic mass is 16.2. The first kappa shape index (κ1) is 14.1. The van der Waals surface area contributed by atoms with Gasteiger partial charge in [-0.3, -0.25) is 9.69 Å². The number of rotatable bonds is 1. The van der Waals surface area contributed by atoms with Crippen molar-refractivity contribution in [1.82, 2.24) is 10.2 Å². The van der Waals surface area contributed by atoms with Gasteiger partial charge in [0.15, 0.2) is 0 Å². The fourth-order valence-electron chi connectivity index (χ4n) is 2.64. The standard InChI is InChI=1S/C16H24N2O/c1-16(2,3)13-7-6-11-9-14(15(19)17-4)18(5)10-12(11)8-13/h6-8,14H,9-10H2,1-5H3,(H,17,19). The first-order valence-electron chi connectivity index (χ1n) is 6.87. The van der Waals surface area contributed by atoms with E-state index in [0.29, 0.717) is 0 Å². The van der Waals surface area contributed by atoms with Crippen LogP contribution in [0.3, 0.4) is 0 Å². The second-order valence-electron chi connectivity index (χ2n) is 6.48. The van der Waals surface area contributed by atoms with Crippen molar-refractivity contribution in [2.24, 2.45) is 0 Å². The average Bonchev–Trinajstić information content (AvgIpc) is 2.35. The SMILES string of the molecule is CNC(=O)C1Cc2ccc(C(C)(C)C)cc2CN1C. The molecule has 3 heteroatoms. The van der Waals surface area contributed by atoms with Crippen molar-refractivity contribution in [1.29, 1.82) is 0 Å². The van der Waals surface area contributed by atoms with Gasteiger partial charge in [0.05, 0.1) is 6.04 Å². The summed E-state index contributed by atoms with van der Waals surface area (Å²) in [6.07, 6.45) is 0.802. The number of hydrogen-bond acceptors (Lipinski definition) is 2. The second-order valence-corrected chi connectivity index (χ2v) is 6.48. The molecule has 0 bridgehead atoms. The molecule has 0 fully saturated rings. The fourth-order valence-corrected chi connectivity index (χ4v) is 2.64. The number of benzene rings is 1. The molecule has 1 aliphatic rings. The van der Waals surface area contributed by atoms with Gasteiger partial charge in [0.1, 0.15) is 0 Å². The van der Waals surface area contributed by atoms with Gasteiger partial charge in [-0.05, 0) is 35.6 Å². The summed E-state index contributed by atoms with van der Waals surface area (Å²) in [5.41, 5.74) is 4.19. The molecular formula is C16H24N2O. The Morgan fingerprint density at radius 1 is 1.32 bits per heavy atom. The van der Waals surface area contributed by atoms with E-state index in [9.17, 15) is 4.79 Å². The Kier molecular flexibility index (Phi) is 3.68. The molecule has 1 aromatic rings. The van der Waals surface area contributed by atoms with Gasteiger partial charge < -0.3 is 5.32 Å². The number of fused-ring (bicyclic) bond motifs is 1. The van der Waals surface area contributed by atoms with Crippen molar-refractivity contribution in [3.63, 3.8) is 0 Å². The Bertz CT molecular complexity index is 488. The van der Waals surface area contributed by atoms with Gasteiger partial charge in [-0.25, -0.2) is 0 Å². The summed E-state index contributed by atoms with van der Waals surface area (Å²) in [6.45, 7) is 7.54. The average molecular weight is 260 g/mol. The second kappa shape index (κ2) is 4.97. The summed E-state index contributed by atoms with van der Waals surface area (Å²) < 4.78 is 0. The van der Waals surface area contributed by atoms with Crippen LogP contribution in [0.4, 0.5) is 0 Å². The lowest BCUT2D eigenvalue weighted by Crippen LogP contribution is -2.47. The molecule has 3 nitrogen and oxygen atoms in total. The highest BCUT2D eigenvalue weighted by molar-refractivity contribution is 5.82. The first-order chi connectivity index (χ1) is 8.82. The molecule has 0 aliphatic carbocycles. The Morgan fingerprint density at radius 3 is 2.58 bits per heavy atom. The van der Waals surface area contributed by atoms with Crippen molar-refractivity contribution >= 4 is 5.91 Å². The van der Waals surface area contributed by atoms with Crippen LogP contribution in [0, 0.1) is 0 Å². The zero-order valence-electron chi connectivity index (χ0n) is 12.6. The van der Waals surface area contributed by atoms with Gasteiger partial charge in [-0.15, -0.1) is 0 Å². The van der Waals surface area contributed by atoms with Crippen LogP contribution in [0.25, 0.3) is 0 Å². The Morgan fingerprint density at radius 2 is 2.00 bits per heavy atom. The molecule has 1 heterocycles. The largest absolute Gasteiger partial charge is 0.358 e. The van der Waals surface area contributed by atoms with E-state index in [1.807, 2.05) is 7.05 Å². The van der Waals surface area contributed by atoms with E-state index < -0.39 is 0 Å². The number of nitrogens with one attached hydrogen (secondary N) is 1. The number of carbonyl (C=O) groups is 1. The summed E-state index contributed by atoms with van der Waals surface area (Å²) in [4.78, 5) is 14.0. The molecule has 2 rings (SSSR count). The Labute approximate surface area is 116 Å². The van der Waals surface area contributed by atoms with Crippen molar-refractivity contribution in [3.05, 3.63) is 34.9 Å². The summed E-state index contributed by atoms with van der Waals surface area (Å²) >= 11 is 0. The lowest BCUT2D eigenvalue weighted by molar-refractivity contribution is -0.125. The van der Waals surface area contributed by atoms with Crippen LogP contribution >= 0.6 is 0 Å². The predicted octanol–water partition coefficient (Wildman–Crippen LogP) is 2.09. The minimum atomic E-state index is -0.0435. The molecule has 0 saturated carbocycles. The molecule has 0 saturated heterocycles.